The minimum Gasteiger partial charge on any atom is -0.388 e. The van der Waals surface area contributed by atoms with E-state index in [1.807, 2.05) is 0 Å². The van der Waals surface area contributed by atoms with Gasteiger partial charge in [0.1, 0.15) is 17.5 Å². The van der Waals surface area contributed by atoms with Crippen molar-refractivity contribution in [1.29, 1.82) is 0 Å². The molecule has 2 aromatic rings. The van der Waals surface area contributed by atoms with E-state index in [0.717, 1.165) is 12.1 Å². The number of nitrogens with two attached hydrogens (primary N) is 1. The van der Waals surface area contributed by atoms with Crippen molar-refractivity contribution < 1.29 is 18.3 Å². The third kappa shape index (κ3) is 3.45. The summed E-state index contributed by atoms with van der Waals surface area (Å²) in [7, 11) is 0. The van der Waals surface area contributed by atoms with E-state index in [9.17, 15) is 18.3 Å². The minimum absolute atomic E-state index is 0.0838. The molecular weight excluding hydrogens is 347 g/mol. The first kappa shape index (κ1) is 16.0. The van der Waals surface area contributed by atoms with Crippen molar-refractivity contribution in [2.75, 3.05) is 6.54 Å². The van der Waals surface area contributed by atoms with Crippen LogP contribution in [0.1, 0.15) is 23.1 Å². The van der Waals surface area contributed by atoms with Gasteiger partial charge in [0.2, 0.25) is 0 Å². The van der Waals surface area contributed by atoms with Gasteiger partial charge in [0.25, 0.3) is 0 Å². The molecule has 2 atom stereocenters. The van der Waals surface area contributed by atoms with Crippen LogP contribution < -0.4 is 5.73 Å². The van der Waals surface area contributed by atoms with Gasteiger partial charge in [-0.3, -0.25) is 0 Å². The zero-order chi connectivity index (χ0) is 15.6. The van der Waals surface area contributed by atoms with Crippen molar-refractivity contribution in [3.05, 3.63) is 69.4 Å². The quantitative estimate of drug-likeness (QED) is 0.875. The molecule has 0 saturated heterocycles. The van der Waals surface area contributed by atoms with E-state index in [0.29, 0.717) is 5.56 Å². The Morgan fingerprint density at radius 3 is 2.24 bits per heavy atom. The summed E-state index contributed by atoms with van der Waals surface area (Å²) in [4.78, 5) is 0. The van der Waals surface area contributed by atoms with Crippen molar-refractivity contribution in [2.45, 2.75) is 12.0 Å². The average Bonchev–Trinajstić information content (AvgIpc) is 2.38. The molecule has 0 aliphatic carbocycles. The fraction of sp³-hybridized carbons (Fsp3) is 0.200. The highest BCUT2D eigenvalue weighted by atomic mass is 79.9. The van der Waals surface area contributed by atoms with Crippen LogP contribution in [0, 0.1) is 17.5 Å². The molecule has 2 rings (SSSR count). The van der Waals surface area contributed by atoms with Gasteiger partial charge >= 0.3 is 0 Å². The lowest BCUT2D eigenvalue weighted by Gasteiger charge is -2.23. The predicted octanol–water partition coefficient (Wildman–Crippen LogP) is 3.64. The Balaban J connectivity index is 2.44. The number of aliphatic hydroxyl groups is 1. The Labute approximate surface area is 128 Å². The van der Waals surface area contributed by atoms with E-state index < -0.39 is 35.0 Å². The smallest absolute Gasteiger partial charge is 0.133 e. The van der Waals surface area contributed by atoms with Crippen molar-refractivity contribution in [2.24, 2.45) is 5.73 Å². The average molecular weight is 360 g/mol. The summed E-state index contributed by atoms with van der Waals surface area (Å²) in [6, 6.07) is 7.55. The Morgan fingerprint density at radius 2 is 1.71 bits per heavy atom. The summed E-state index contributed by atoms with van der Waals surface area (Å²) >= 11 is 2.97. The summed E-state index contributed by atoms with van der Waals surface area (Å²) < 4.78 is 41.3. The molecule has 0 radical (unpaired) electrons. The van der Waals surface area contributed by atoms with Gasteiger partial charge < -0.3 is 10.8 Å². The SMILES string of the molecule is NCC(c1cccc(F)c1)C(O)c1c(F)cc(Br)cc1F. The molecule has 0 saturated carbocycles. The third-order valence-corrected chi connectivity index (χ3v) is 3.71. The van der Waals surface area contributed by atoms with E-state index in [4.69, 9.17) is 5.73 Å². The lowest BCUT2D eigenvalue weighted by atomic mass is 9.88. The molecule has 0 aromatic heterocycles. The summed E-state index contributed by atoms with van der Waals surface area (Å²) in [5.74, 6) is -3.09. The highest BCUT2D eigenvalue weighted by Crippen LogP contribution is 2.34. The van der Waals surface area contributed by atoms with Crippen molar-refractivity contribution in [1.82, 2.24) is 0 Å². The van der Waals surface area contributed by atoms with Gasteiger partial charge in [-0.15, -0.1) is 0 Å². The van der Waals surface area contributed by atoms with Crippen LogP contribution in [-0.2, 0) is 0 Å². The molecular formula is C15H13BrF3NO. The van der Waals surface area contributed by atoms with Crippen LogP contribution >= 0.6 is 15.9 Å². The van der Waals surface area contributed by atoms with E-state index in [-0.39, 0.29) is 11.0 Å². The summed E-state index contributed by atoms with van der Waals surface area (Å²) in [5, 5.41) is 10.3. The molecule has 112 valence electrons. The van der Waals surface area contributed by atoms with Gasteiger partial charge in [-0.1, -0.05) is 28.1 Å². The third-order valence-electron chi connectivity index (χ3n) is 3.25. The molecule has 0 heterocycles. The van der Waals surface area contributed by atoms with Gasteiger partial charge in [-0.25, -0.2) is 13.2 Å². The Kier molecular flexibility index (Phi) is 5.03. The molecule has 0 spiro atoms. The fourth-order valence-corrected chi connectivity index (χ4v) is 2.62. The number of aliphatic hydroxyl groups excluding tert-OH is 1. The minimum atomic E-state index is -1.51. The van der Waals surface area contributed by atoms with Crippen LogP contribution in [0.4, 0.5) is 13.2 Å². The van der Waals surface area contributed by atoms with Gasteiger partial charge in [0.05, 0.1) is 11.7 Å². The molecule has 0 amide bonds. The second kappa shape index (κ2) is 6.60. The Hall–Kier alpha value is -1.37. The topological polar surface area (TPSA) is 46.2 Å². The molecule has 0 aliphatic rings. The maximum absolute atomic E-state index is 13.9. The van der Waals surface area contributed by atoms with Crippen molar-refractivity contribution >= 4 is 15.9 Å². The zero-order valence-electron chi connectivity index (χ0n) is 10.9. The maximum Gasteiger partial charge on any atom is 0.133 e. The molecule has 2 unspecified atom stereocenters. The van der Waals surface area contributed by atoms with Crippen LogP contribution in [0.5, 0.6) is 0 Å². The zero-order valence-corrected chi connectivity index (χ0v) is 12.4. The molecule has 0 fully saturated rings. The first-order valence-corrected chi connectivity index (χ1v) is 7.01. The number of halogens is 4. The molecule has 0 aliphatic heterocycles. The van der Waals surface area contributed by atoms with Gasteiger partial charge in [-0.05, 0) is 29.8 Å². The van der Waals surface area contributed by atoms with Crippen molar-refractivity contribution in [3.8, 4) is 0 Å². The summed E-state index contributed by atoms with van der Waals surface area (Å²) in [5.41, 5.74) is 5.49. The van der Waals surface area contributed by atoms with Gasteiger partial charge in [-0.2, -0.15) is 0 Å². The largest absolute Gasteiger partial charge is 0.388 e. The van der Waals surface area contributed by atoms with Crippen LogP contribution in [0.15, 0.2) is 40.9 Å². The number of hydrogen-bond donors (Lipinski definition) is 2. The summed E-state index contributed by atoms with van der Waals surface area (Å²) in [6.45, 7) is -0.0838. The molecule has 2 aromatic carbocycles. The standard InChI is InChI=1S/C15H13BrF3NO/c16-9-5-12(18)14(13(19)6-9)15(21)11(7-20)8-2-1-3-10(17)4-8/h1-6,11,15,21H,7,20H2. The normalized spacial score (nSPS) is 14.0. The predicted molar refractivity (Wildman–Crippen MR) is 77.2 cm³/mol. The highest BCUT2D eigenvalue weighted by molar-refractivity contribution is 9.10. The second-order valence-electron chi connectivity index (χ2n) is 4.63. The Bertz CT molecular complexity index is 628. The summed E-state index contributed by atoms with van der Waals surface area (Å²) in [6.07, 6.45) is -1.51. The monoisotopic (exact) mass is 359 g/mol. The van der Waals surface area contributed by atoms with E-state index >= 15 is 0 Å². The molecule has 3 N–H and O–H groups in total. The Morgan fingerprint density at radius 1 is 1.10 bits per heavy atom. The lowest BCUT2D eigenvalue weighted by molar-refractivity contribution is 0.138. The maximum atomic E-state index is 13.9. The second-order valence-corrected chi connectivity index (χ2v) is 5.54. The van der Waals surface area contributed by atoms with Gasteiger partial charge in [0, 0.05) is 16.9 Å². The molecule has 6 heteroatoms. The lowest BCUT2D eigenvalue weighted by Crippen LogP contribution is -2.22. The molecule has 0 bridgehead atoms. The van der Waals surface area contributed by atoms with Gasteiger partial charge in [0.15, 0.2) is 0 Å². The molecule has 21 heavy (non-hydrogen) atoms. The number of hydrogen-bond acceptors (Lipinski definition) is 2. The highest BCUT2D eigenvalue weighted by Gasteiger charge is 2.27. The van der Waals surface area contributed by atoms with E-state index in [1.54, 1.807) is 6.07 Å². The van der Waals surface area contributed by atoms with Crippen LogP contribution in [0.25, 0.3) is 0 Å². The van der Waals surface area contributed by atoms with E-state index in [2.05, 4.69) is 15.9 Å². The molecule has 2 nitrogen and oxygen atoms in total. The van der Waals surface area contributed by atoms with E-state index in [1.165, 1.54) is 18.2 Å². The first-order chi connectivity index (χ1) is 9.93. The van der Waals surface area contributed by atoms with Crippen LogP contribution in [0.2, 0.25) is 0 Å². The fourth-order valence-electron chi connectivity index (χ4n) is 2.22. The van der Waals surface area contributed by atoms with Crippen molar-refractivity contribution in [3.63, 3.8) is 0 Å². The first-order valence-electron chi connectivity index (χ1n) is 6.22. The van der Waals surface area contributed by atoms with Crippen LogP contribution in [-0.4, -0.2) is 11.7 Å². The number of benzene rings is 2. The van der Waals surface area contributed by atoms with Crippen LogP contribution in [0.3, 0.4) is 0 Å². The number of rotatable bonds is 4.